The Hall–Kier alpha value is -0.200. The summed E-state index contributed by atoms with van der Waals surface area (Å²) >= 11 is 1.27. The Morgan fingerprint density at radius 3 is 2.33 bits per heavy atom. The molecule has 6 heavy (non-hydrogen) atoms. The maximum Gasteiger partial charge on any atom is 0.133 e. The molecule has 0 saturated carbocycles. The van der Waals surface area contributed by atoms with Crippen LogP contribution < -0.4 is 6.15 Å². The molecule has 0 amide bonds. The fraction of sp³-hybridized carbons (Fsp3) is 0.667. The maximum atomic E-state index is 7.78. The quantitative estimate of drug-likeness (QED) is 0.511. The van der Waals surface area contributed by atoms with Gasteiger partial charge in [-0.25, -0.2) is 0 Å². The van der Waals surface area contributed by atoms with E-state index in [4.69, 9.17) is 5.26 Å². The second kappa shape index (κ2) is 8.84. The smallest absolute Gasteiger partial charge is 0.133 e. The number of hydrogen-bond donors (Lipinski definition) is 1. The maximum absolute atomic E-state index is 7.78. The molecule has 0 aromatic carbocycles. The zero-order valence-corrected chi connectivity index (χ0v) is 4.59. The predicted molar refractivity (Wildman–Crippen MR) is 28.8 cm³/mol. The van der Waals surface area contributed by atoms with Gasteiger partial charge in [0.1, 0.15) is 5.40 Å². The number of thioether (sulfide) groups is 1. The van der Waals surface area contributed by atoms with Gasteiger partial charge in [0.25, 0.3) is 0 Å². The average Bonchev–Trinajstić information content (AvgIpc) is 1.41. The number of nitriles is 1. The van der Waals surface area contributed by atoms with Crippen molar-refractivity contribution < 1.29 is 0 Å². The van der Waals surface area contributed by atoms with Crippen LogP contribution in [0.3, 0.4) is 0 Å². The SMILES string of the molecule is CCSC#N.N. The van der Waals surface area contributed by atoms with Crippen molar-refractivity contribution in [2.45, 2.75) is 6.92 Å². The van der Waals surface area contributed by atoms with Gasteiger partial charge in [0.15, 0.2) is 0 Å². The van der Waals surface area contributed by atoms with E-state index in [0.29, 0.717) is 0 Å². The molecule has 0 spiro atoms. The van der Waals surface area contributed by atoms with E-state index in [9.17, 15) is 0 Å². The van der Waals surface area contributed by atoms with Crippen molar-refractivity contribution in [1.29, 1.82) is 5.26 Å². The lowest BCUT2D eigenvalue weighted by atomic mass is 11.0. The monoisotopic (exact) mass is 104 g/mol. The second-order valence-electron chi connectivity index (χ2n) is 0.524. The summed E-state index contributed by atoms with van der Waals surface area (Å²) < 4.78 is 0. The van der Waals surface area contributed by atoms with E-state index < -0.39 is 0 Å². The average molecular weight is 104 g/mol. The van der Waals surface area contributed by atoms with Gasteiger partial charge in [-0.1, -0.05) is 6.92 Å². The van der Waals surface area contributed by atoms with E-state index in [1.54, 1.807) is 0 Å². The third-order valence-electron chi connectivity index (χ3n) is 0.209. The molecular weight excluding hydrogens is 96.1 g/mol. The van der Waals surface area contributed by atoms with Crippen LogP contribution in [0, 0.1) is 10.7 Å². The number of rotatable bonds is 1. The summed E-state index contributed by atoms with van der Waals surface area (Å²) in [6.07, 6.45) is 0. The highest BCUT2D eigenvalue weighted by atomic mass is 32.2. The summed E-state index contributed by atoms with van der Waals surface area (Å²) in [5, 5.41) is 9.71. The molecule has 0 rings (SSSR count). The Morgan fingerprint density at radius 2 is 2.33 bits per heavy atom. The zero-order chi connectivity index (χ0) is 4.12. The first-order valence-corrected chi connectivity index (χ1v) is 2.41. The second-order valence-corrected chi connectivity index (χ2v) is 1.57. The third-order valence-corrected chi connectivity index (χ3v) is 0.627. The van der Waals surface area contributed by atoms with Crippen molar-refractivity contribution in [3.05, 3.63) is 0 Å². The topological polar surface area (TPSA) is 58.8 Å². The summed E-state index contributed by atoms with van der Waals surface area (Å²) in [7, 11) is 0. The highest BCUT2D eigenvalue weighted by Crippen LogP contribution is 1.89. The van der Waals surface area contributed by atoms with E-state index in [-0.39, 0.29) is 6.15 Å². The largest absolute Gasteiger partial charge is 0.344 e. The minimum atomic E-state index is 0. The van der Waals surface area contributed by atoms with Crippen molar-refractivity contribution in [1.82, 2.24) is 6.15 Å². The summed E-state index contributed by atoms with van der Waals surface area (Å²) in [6, 6.07) is 0. The van der Waals surface area contributed by atoms with Gasteiger partial charge in [0.2, 0.25) is 0 Å². The van der Waals surface area contributed by atoms with Crippen LogP contribution in [0.4, 0.5) is 0 Å². The Labute approximate surface area is 42.1 Å². The lowest BCUT2D eigenvalue weighted by molar-refractivity contribution is 1.52. The molecular formula is C3H8N2S. The molecule has 0 radical (unpaired) electrons. The van der Waals surface area contributed by atoms with Crippen LogP contribution >= 0.6 is 11.8 Å². The highest BCUT2D eigenvalue weighted by molar-refractivity contribution is 8.03. The van der Waals surface area contributed by atoms with Gasteiger partial charge in [0, 0.05) is 5.75 Å². The highest BCUT2D eigenvalue weighted by Gasteiger charge is 1.65. The lowest BCUT2D eigenvalue weighted by Gasteiger charge is -1.65. The van der Waals surface area contributed by atoms with Crippen LogP contribution in [0.25, 0.3) is 0 Å². The molecule has 0 atom stereocenters. The molecule has 0 saturated heterocycles. The molecule has 3 N–H and O–H groups in total. The van der Waals surface area contributed by atoms with Gasteiger partial charge in [-0.2, -0.15) is 5.26 Å². The standard InChI is InChI=1S/C3H5NS.H3N/c1-2-5-3-4;/h2H2,1H3;1H3. The lowest BCUT2D eigenvalue weighted by Crippen LogP contribution is -1.52. The van der Waals surface area contributed by atoms with Gasteiger partial charge in [-0.05, 0) is 11.8 Å². The Balaban J connectivity index is 0. The first-order valence-electron chi connectivity index (χ1n) is 1.42. The Kier molecular flexibility index (Phi) is 13.6. The Morgan fingerprint density at radius 1 is 1.83 bits per heavy atom. The van der Waals surface area contributed by atoms with E-state index in [2.05, 4.69) is 0 Å². The van der Waals surface area contributed by atoms with Crippen molar-refractivity contribution in [3.8, 4) is 5.40 Å². The molecule has 0 heterocycles. The molecule has 0 fully saturated rings. The Bertz CT molecular complexity index is 47.2. The summed E-state index contributed by atoms with van der Waals surface area (Å²) in [5.74, 6) is 0.899. The molecule has 0 aliphatic rings. The predicted octanol–water partition coefficient (Wildman–Crippen LogP) is 1.38. The molecule has 0 bridgehead atoms. The minimum Gasteiger partial charge on any atom is -0.344 e. The van der Waals surface area contributed by atoms with E-state index >= 15 is 0 Å². The van der Waals surface area contributed by atoms with Crippen LogP contribution in [0.2, 0.25) is 0 Å². The normalized spacial score (nSPS) is 5.33. The molecule has 0 aromatic rings. The fourth-order valence-electron chi connectivity index (χ4n) is 0.0645. The molecule has 3 heteroatoms. The van der Waals surface area contributed by atoms with Crippen molar-refractivity contribution in [2.24, 2.45) is 0 Å². The van der Waals surface area contributed by atoms with Gasteiger partial charge < -0.3 is 6.15 Å². The zero-order valence-electron chi connectivity index (χ0n) is 3.77. The van der Waals surface area contributed by atoms with E-state index in [1.165, 1.54) is 11.8 Å². The molecule has 0 aromatic heterocycles. The molecule has 2 nitrogen and oxygen atoms in total. The minimum absolute atomic E-state index is 0. The van der Waals surface area contributed by atoms with Crippen LogP contribution in [0.1, 0.15) is 6.92 Å². The fourth-order valence-corrected chi connectivity index (χ4v) is 0.194. The van der Waals surface area contributed by atoms with Crippen LogP contribution in [0.5, 0.6) is 0 Å². The molecule has 0 aliphatic heterocycles. The van der Waals surface area contributed by atoms with Crippen LogP contribution in [-0.4, -0.2) is 5.75 Å². The first-order chi connectivity index (χ1) is 2.41. The van der Waals surface area contributed by atoms with Crippen LogP contribution in [0.15, 0.2) is 0 Å². The number of thiocyanates is 1. The van der Waals surface area contributed by atoms with Crippen molar-refractivity contribution in [3.63, 3.8) is 0 Å². The summed E-state index contributed by atoms with van der Waals surface area (Å²) in [4.78, 5) is 0. The molecule has 0 aliphatic carbocycles. The summed E-state index contributed by atoms with van der Waals surface area (Å²) in [5.41, 5.74) is 0. The third kappa shape index (κ3) is 9.20. The molecule has 36 valence electrons. The van der Waals surface area contributed by atoms with Gasteiger partial charge in [-0.15, -0.1) is 0 Å². The molecule has 0 unspecified atom stereocenters. The van der Waals surface area contributed by atoms with Gasteiger partial charge in [-0.3, -0.25) is 0 Å². The van der Waals surface area contributed by atoms with Crippen molar-refractivity contribution in [2.75, 3.05) is 5.75 Å². The van der Waals surface area contributed by atoms with Crippen molar-refractivity contribution >= 4 is 11.8 Å². The summed E-state index contributed by atoms with van der Waals surface area (Å²) in [6.45, 7) is 1.95. The van der Waals surface area contributed by atoms with E-state index in [0.717, 1.165) is 5.75 Å². The number of nitrogens with zero attached hydrogens (tertiary/aromatic N) is 1. The first kappa shape index (κ1) is 9.25. The van der Waals surface area contributed by atoms with Gasteiger partial charge >= 0.3 is 0 Å². The van der Waals surface area contributed by atoms with Crippen LogP contribution in [-0.2, 0) is 0 Å². The number of hydrogen-bond acceptors (Lipinski definition) is 3. The van der Waals surface area contributed by atoms with E-state index in [1.807, 2.05) is 12.3 Å². The van der Waals surface area contributed by atoms with Gasteiger partial charge in [0.05, 0.1) is 0 Å².